The van der Waals surface area contributed by atoms with Crippen LogP contribution in [0.4, 0.5) is 0 Å². The van der Waals surface area contributed by atoms with Crippen LogP contribution in [-0.4, -0.2) is 34.5 Å². The molecule has 0 aromatic heterocycles. The topological polar surface area (TPSA) is 57.6 Å². The van der Waals surface area contributed by atoms with E-state index in [4.69, 9.17) is 5.11 Å². The van der Waals surface area contributed by atoms with Gasteiger partial charge in [0.05, 0.1) is 0 Å². The molecular formula is C17H23NO3. The summed E-state index contributed by atoms with van der Waals surface area (Å²) in [6.45, 7) is 8.66. The van der Waals surface area contributed by atoms with E-state index in [1.165, 1.54) is 6.08 Å². The minimum atomic E-state index is -0.983. The SMILES string of the molecule is CCCN(C(=O)c1ccc(/C=C/C(=O)O)c(C)c1)C(C)C. The van der Waals surface area contributed by atoms with E-state index in [9.17, 15) is 9.59 Å². The molecule has 0 radical (unpaired) electrons. The molecule has 1 aromatic carbocycles. The molecule has 4 heteroatoms. The molecule has 1 rings (SSSR count). The van der Waals surface area contributed by atoms with Crippen molar-refractivity contribution in [1.82, 2.24) is 4.90 Å². The molecular weight excluding hydrogens is 266 g/mol. The Morgan fingerprint density at radius 3 is 2.48 bits per heavy atom. The van der Waals surface area contributed by atoms with Gasteiger partial charge in [0.2, 0.25) is 0 Å². The molecule has 0 aliphatic carbocycles. The average Bonchev–Trinajstić information content (AvgIpc) is 2.42. The van der Waals surface area contributed by atoms with Crippen molar-refractivity contribution in [3.63, 3.8) is 0 Å². The number of hydrogen-bond donors (Lipinski definition) is 1. The van der Waals surface area contributed by atoms with Crippen LogP contribution in [0.3, 0.4) is 0 Å². The van der Waals surface area contributed by atoms with Gasteiger partial charge in [-0.05, 0) is 56.5 Å². The second-order valence-corrected chi connectivity index (χ2v) is 5.34. The molecule has 0 aliphatic heterocycles. The normalized spacial score (nSPS) is 11.1. The number of carboxylic acid groups (broad SMARTS) is 1. The van der Waals surface area contributed by atoms with Crippen LogP contribution in [0.5, 0.6) is 0 Å². The van der Waals surface area contributed by atoms with E-state index in [0.29, 0.717) is 5.56 Å². The van der Waals surface area contributed by atoms with Crippen molar-refractivity contribution in [3.05, 3.63) is 41.0 Å². The number of carbonyl (C=O) groups is 2. The first-order chi connectivity index (χ1) is 9.86. The molecule has 0 heterocycles. The average molecular weight is 289 g/mol. The second-order valence-electron chi connectivity index (χ2n) is 5.34. The van der Waals surface area contributed by atoms with Gasteiger partial charge < -0.3 is 10.0 Å². The van der Waals surface area contributed by atoms with E-state index in [1.54, 1.807) is 12.1 Å². The van der Waals surface area contributed by atoms with Crippen molar-refractivity contribution in [2.75, 3.05) is 6.54 Å². The van der Waals surface area contributed by atoms with Gasteiger partial charge in [-0.15, -0.1) is 0 Å². The van der Waals surface area contributed by atoms with Gasteiger partial charge in [-0.25, -0.2) is 4.79 Å². The van der Waals surface area contributed by atoms with Crippen LogP contribution in [0, 0.1) is 6.92 Å². The van der Waals surface area contributed by atoms with Gasteiger partial charge in [-0.2, -0.15) is 0 Å². The lowest BCUT2D eigenvalue weighted by atomic mass is 10.0. The zero-order valence-electron chi connectivity index (χ0n) is 13.1. The fourth-order valence-corrected chi connectivity index (χ4v) is 2.16. The van der Waals surface area contributed by atoms with Crippen molar-refractivity contribution < 1.29 is 14.7 Å². The summed E-state index contributed by atoms with van der Waals surface area (Å²) in [6, 6.07) is 5.51. The predicted molar refractivity (Wildman–Crippen MR) is 84.3 cm³/mol. The lowest BCUT2D eigenvalue weighted by Gasteiger charge is -2.26. The number of amides is 1. The highest BCUT2D eigenvalue weighted by atomic mass is 16.4. The van der Waals surface area contributed by atoms with Crippen molar-refractivity contribution in [1.29, 1.82) is 0 Å². The number of aryl methyl sites for hydroxylation is 1. The number of nitrogens with zero attached hydrogens (tertiary/aromatic N) is 1. The van der Waals surface area contributed by atoms with Gasteiger partial charge in [-0.1, -0.05) is 13.0 Å². The summed E-state index contributed by atoms with van der Waals surface area (Å²) in [5, 5.41) is 8.65. The van der Waals surface area contributed by atoms with E-state index >= 15 is 0 Å². The quantitative estimate of drug-likeness (QED) is 0.817. The molecule has 0 aliphatic rings. The highest BCUT2D eigenvalue weighted by Gasteiger charge is 2.18. The van der Waals surface area contributed by atoms with Crippen LogP contribution in [-0.2, 0) is 4.79 Å². The maximum absolute atomic E-state index is 12.5. The Morgan fingerprint density at radius 2 is 2.00 bits per heavy atom. The van der Waals surface area contributed by atoms with Gasteiger partial charge in [-0.3, -0.25) is 4.79 Å². The third kappa shape index (κ3) is 4.74. The van der Waals surface area contributed by atoms with Crippen LogP contribution in [0.25, 0.3) is 6.08 Å². The molecule has 0 bridgehead atoms. The Kier molecular flexibility index (Phi) is 6.15. The van der Waals surface area contributed by atoms with Crippen molar-refractivity contribution >= 4 is 18.0 Å². The first kappa shape index (κ1) is 17.0. The summed E-state index contributed by atoms with van der Waals surface area (Å²) in [7, 11) is 0. The molecule has 0 saturated heterocycles. The first-order valence-corrected chi connectivity index (χ1v) is 7.19. The molecule has 21 heavy (non-hydrogen) atoms. The lowest BCUT2D eigenvalue weighted by Crippen LogP contribution is -2.37. The van der Waals surface area contributed by atoms with Crippen LogP contribution in [0.15, 0.2) is 24.3 Å². The van der Waals surface area contributed by atoms with Gasteiger partial charge in [0, 0.05) is 24.2 Å². The van der Waals surface area contributed by atoms with Gasteiger partial charge in [0.25, 0.3) is 5.91 Å². The van der Waals surface area contributed by atoms with Crippen LogP contribution in [0.1, 0.15) is 48.7 Å². The predicted octanol–water partition coefficient (Wildman–Crippen LogP) is 3.35. The van der Waals surface area contributed by atoms with Crippen molar-refractivity contribution in [2.45, 2.75) is 40.2 Å². The van der Waals surface area contributed by atoms with Gasteiger partial charge >= 0.3 is 5.97 Å². The fourth-order valence-electron chi connectivity index (χ4n) is 2.16. The van der Waals surface area contributed by atoms with E-state index in [1.807, 2.05) is 38.7 Å². The standard InChI is InChI=1S/C17H23NO3/c1-5-10-18(12(2)3)17(21)15-7-6-14(13(4)11-15)8-9-16(19)20/h6-9,11-12H,5,10H2,1-4H3,(H,19,20)/b9-8+. The van der Waals surface area contributed by atoms with E-state index in [0.717, 1.165) is 30.2 Å². The molecule has 1 aromatic rings. The molecule has 0 fully saturated rings. The Balaban J connectivity index is 3.02. The molecule has 114 valence electrons. The van der Waals surface area contributed by atoms with Crippen molar-refractivity contribution in [3.8, 4) is 0 Å². The zero-order valence-corrected chi connectivity index (χ0v) is 13.1. The summed E-state index contributed by atoms with van der Waals surface area (Å²) in [4.78, 5) is 24.9. The lowest BCUT2D eigenvalue weighted by molar-refractivity contribution is -0.131. The highest BCUT2D eigenvalue weighted by molar-refractivity contribution is 5.95. The van der Waals surface area contributed by atoms with Crippen LogP contribution >= 0.6 is 0 Å². The third-order valence-corrected chi connectivity index (χ3v) is 3.27. The number of benzene rings is 1. The van der Waals surface area contributed by atoms with Crippen LogP contribution < -0.4 is 0 Å². The van der Waals surface area contributed by atoms with E-state index < -0.39 is 5.97 Å². The first-order valence-electron chi connectivity index (χ1n) is 7.19. The molecule has 0 spiro atoms. The third-order valence-electron chi connectivity index (χ3n) is 3.27. The minimum absolute atomic E-state index is 0.0173. The maximum Gasteiger partial charge on any atom is 0.328 e. The molecule has 0 saturated carbocycles. The van der Waals surface area contributed by atoms with Gasteiger partial charge in [0.15, 0.2) is 0 Å². The summed E-state index contributed by atoms with van der Waals surface area (Å²) in [5.41, 5.74) is 2.33. The molecule has 0 unspecified atom stereocenters. The monoisotopic (exact) mass is 289 g/mol. The Morgan fingerprint density at radius 1 is 1.33 bits per heavy atom. The zero-order chi connectivity index (χ0) is 16.0. The second kappa shape index (κ2) is 7.62. The van der Waals surface area contributed by atoms with E-state index in [-0.39, 0.29) is 11.9 Å². The molecule has 1 N–H and O–H groups in total. The summed E-state index contributed by atoms with van der Waals surface area (Å²) in [5.74, 6) is -0.966. The summed E-state index contributed by atoms with van der Waals surface area (Å²) < 4.78 is 0. The molecule has 4 nitrogen and oxygen atoms in total. The number of carboxylic acids is 1. The Labute approximate surface area is 126 Å². The Bertz CT molecular complexity index is 547. The fraction of sp³-hybridized carbons (Fsp3) is 0.412. The number of aliphatic carboxylic acids is 1. The highest BCUT2D eigenvalue weighted by Crippen LogP contribution is 2.16. The number of rotatable bonds is 6. The summed E-state index contributed by atoms with van der Waals surface area (Å²) >= 11 is 0. The number of carbonyl (C=O) groups excluding carboxylic acids is 1. The largest absolute Gasteiger partial charge is 0.478 e. The molecule has 0 atom stereocenters. The maximum atomic E-state index is 12.5. The van der Waals surface area contributed by atoms with Crippen molar-refractivity contribution in [2.24, 2.45) is 0 Å². The minimum Gasteiger partial charge on any atom is -0.478 e. The van der Waals surface area contributed by atoms with Gasteiger partial charge in [0.1, 0.15) is 0 Å². The Hall–Kier alpha value is -2.10. The van der Waals surface area contributed by atoms with E-state index in [2.05, 4.69) is 0 Å². The molecule has 1 amide bonds. The summed E-state index contributed by atoms with van der Waals surface area (Å²) in [6.07, 6.45) is 3.56. The smallest absolute Gasteiger partial charge is 0.328 e. The van der Waals surface area contributed by atoms with Crippen LogP contribution in [0.2, 0.25) is 0 Å². The number of hydrogen-bond acceptors (Lipinski definition) is 2.